The van der Waals surface area contributed by atoms with Crippen LogP contribution in [-0.2, 0) is 6.42 Å². The standard InChI is InChI=1S/C50H34N2O/c1-2-15-32(16-3-1)41-22-12-21-35(47-38-20-9-11-24-44(38)53-50(47)51-41)36-27-25-30-13-4-6-17-33(30)39-29-40-45-34-18-7-5-14-31(34)26-28-43(45)52-42-23-10-8-19-37(42)48(46(36)39)49(40)52/h1-11,13-21,23-24,26,28-29,36H,12,22,25,27H2. The zero-order valence-electron chi connectivity index (χ0n) is 29.1. The fraction of sp³-hybridized carbons (Fsp3) is 0.100. The number of aromatic nitrogens is 1. The smallest absolute Gasteiger partial charge is 0.227 e. The largest absolute Gasteiger partial charge is 0.438 e. The fourth-order valence-corrected chi connectivity index (χ4v) is 9.90. The normalized spacial score (nSPS) is 16.0. The Morgan fingerprint density at radius 2 is 1.38 bits per heavy atom. The highest BCUT2D eigenvalue weighted by molar-refractivity contribution is 6.30. The molecule has 3 heteroatoms. The van der Waals surface area contributed by atoms with Gasteiger partial charge < -0.3 is 8.82 Å². The minimum Gasteiger partial charge on any atom is -0.438 e. The molecule has 0 fully saturated rings. The fourth-order valence-electron chi connectivity index (χ4n) is 9.90. The molecule has 12 rings (SSSR count). The first-order valence-corrected chi connectivity index (χ1v) is 18.9. The lowest BCUT2D eigenvalue weighted by Gasteiger charge is -2.24. The highest BCUT2D eigenvalue weighted by Gasteiger charge is 2.34. The van der Waals surface area contributed by atoms with E-state index in [9.17, 15) is 0 Å². The van der Waals surface area contributed by atoms with Gasteiger partial charge in [0.1, 0.15) is 5.58 Å². The van der Waals surface area contributed by atoms with E-state index >= 15 is 0 Å². The lowest BCUT2D eigenvalue weighted by molar-refractivity contribution is 0.623. The van der Waals surface area contributed by atoms with Gasteiger partial charge in [0, 0.05) is 32.8 Å². The number of furan rings is 1. The van der Waals surface area contributed by atoms with Crippen LogP contribution in [0, 0.1) is 0 Å². The van der Waals surface area contributed by atoms with Crippen LogP contribution in [0.4, 0.5) is 5.88 Å². The molecule has 0 bridgehead atoms. The van der Waals surface area contributed by atoms with Crippen molar-refractivity contribution in [3.8, 4) is 11.1 Å². The highest BCUT2D eigenvalue weighted by atomic mass is 16.3. The van der Waals surface area contributed by atoms with E-state index in [1.54, 1.807) is 0 Å². The first kappa shape index (κ1) is 29.2. The zero-order valence-corrected chi connectivity index (χ0v) is 29.1. The van der Waals surface area contributed by atoms with Gasteiger partial charge in [-0.05, 0) is 94.1 Å². The average Bonchev–Trinajstić information content (AvgIpc) is 3.81. The maximum Gasteiger partial charge on any atom is 0.227 e. The quantitative estimate of drug-likeness (QED) is 0.179. The molecule has 0 spiro atoms. The van der Waals surface area contributed by atoms with E-state index in [1.165, 1.54) is 76.7 Å². The van der Waals surface area contributed by atoms with Crippen molar-refractivity contribution in [2.24, 2.45) is 4.99 Å². The van der Waals surface area contributed by atoms with Crippen LogP contribution < -0.4 is 0 Å². The van der Waals surface area contributed by atoms with E-state index in [1.807, 2.05) is 0 Å². The number of benzene rings is 7. The summed E-state index contributed by atoms with van der Waals surface area (Å²) in [6.07, 6.45) is 6.27. The molecule has 1 aliphatic heterocycles. The molecule has 7 aromatic carbocycles. The lowest BCUT2D eigenvalue weighted by Crippen LogP contribution is -2.08. The van der Waals surface area contributed by atoms with Crippen molar-refractivity contribution in [3.05, 3.63) is 174 Å². The van der Waals surface area contributed by atoms with Crippen molar-refractivity contribution in [1.82, 2.24) is 4.40 Å². The number of hydrogen-bond acceptors (Lipinski definition) is 2. The number of aryl methyl sites for hydroxylation is 1. The molecule has 0 N–H and O–H groups in total. The highest BCUT2D eigenvalue weighted by Crippen LogP contribution is 2.55. The van der Waals surface area contributed by atoms with Crippen molar-refractivity contribution < 1.29 is 4.42 Å². The summed E-state index contributed by atoms with van der Waals surface area (Å²) in [7, 11) is 0. The van der Waals surface area contributed by atoms with Gasteiger partial charge in [0.05, 0.1) is 27.8 Å². The molecular weight excluding hydrogens is 645 g/mol. The average molecular weight is 679 g/mol. The zero-order chi connectivity index (χ0) is 34.6. The van der Waals surface area contributed by atoms with Gasteiger partial charge in [0.25, 0.3) is 0 Å². The molecule has 1 atom stereocenters. The Hall–Kier alpha value is -6.45. The summed E-state index contributed by atoms with van der Waals surface area (Å²) >= 11 is 0. The number of fused-ring (bicyclic) bond motifs is 15. The Kier molecular flexibility index (Phi) is 6.07. The molecule has 4 heterocycles. The van der Waals surface area contributed by atoms with Crippen LogP contribution in [0.3, 0.4) is 0 Å². The number of nitrogens with zero attached hydrogens (tertiary/aromatic N) is 2. The molecule has 0 radical (unpaired) electrons. The van der Waals surface area contributed by atoms with Gasteiger partial charge >= 0.3 is 0 Å². The summed E-state index contributed by atoms with van der Waals surface area (Å²) in [6, 6.07) is 53.4. The third-order valence-electron chi connectivity index (χ3n) is 12.1. The second kappa shape index (κ2) is 11.0. The van der Waals surface area contributed by atoms with Crippen LogP contribution >= 0.6 is 0 Å². The minimum atomic E-state index is 0.124. The molecule has 0 saturated carbocycles. The molecule has 0 amide bonds. The van der Waals surface area contributed by atoms with Crippen LogP contribution in [0.15, 0.2) is 161 Å². The van der Waals surface area contributed by atoms with E-state index in [-0.39, 0.29) is 5.92 Å². The van der Waals surface area contributed by atoms with E-state index in [0.717, 1.165) is 59.4 Å². The van der Waals surface area contributed by atoms with Crippen LogP contribution in [0.25, 0.3) is 76.5 Å². The minimum absolute atomic E-state index is 0.124. The number of allylic oxidation sites excluding steroid dienone is 2. The maximum absolute atomic E-state index is 6.72. The first-order chi connectivity index (χ1) is 26.3. The number of para-hydroxylation sites is 2. The van der Waals surface area contributed by atoms with Gasteiger partial charge in [-0.15, -0.1) is 0 Å². The maximum atomic E-state index is 6.72. The Labute approximate surface area is 306 Å². The van der Waals surface area contributed by atoms with Crippen molar-refractivity contribution >= 4 is 77.0 Å². The monoisotopic (exact) mass is 678 g/mol. The summed E-state index contributed by atoms with van der Waals surface area (Å²) < 4.78 is 9.27. The summed E-state index contributed by atoms with van der Waals surface area (Å²) in [5.41, 5.74) is 15.0. The van der Waals surface area contributed by atoms with Crippen molar-refractivity contribution in [2.75, 3.05) is 0 Å². The molecule has 1 aliphatic carbocycles. The number of hydrogen-bond donors (Lipinski definition) is 0. The SMILES string of the molecule is C1=C(C2CCc3ccccc3-c3cc4c5c6ccccc6ccc5n5c6ccccc6c(c32)c45)c2c(oc3ccccc23)N=C(c2ccccc2)CC1. The predicted molar refractivity (Wildman–Crippen MR) is 221 cm³/mol. The van der Waals surface area contributed by atoms with E-state index in [2.05, 4.69) is 156 Å². The summed E-state index contributed by atoms with van der Waals surface area (Å²) in [6.45, 7) is 0. The second-order valence-corrected chi connectivity index (χ2v) is 14.8. The van der Waals surface area contributed by atoms with E-state index in [0.29, 0.717) is 0 Å². The Bertz CT molecular complexity index is 3170. The van der Waals surface area contributed by atoms with E-state index in [4.69, 9.17) is 9.41 Å². The first-order valence-electron chi connectivity index (χ1n) is 18.9. The molecule has 10 aromatic rings. The van der Waals surface area contributed by atoms with Crippen molar-refractivity contribution in [2.45, 2.75) is 31.6 Å². The molecule has 3 aromatic heterocycles. The van der Waals surface area contributed by atoms with Crippen molar-refractivity contribution in [3.63, 3.8) is 0 Å². The molecule has 2 aliphatic rings. The van der Waals surface area contributed by atoms with Crippen LogP contribution in [0.2, 0.25) is 0 Å². The Morgan fingerprint density at radius 1 is 0.604 bits per heavy atom. The van der Waals surface area contributed by atoms with Gasteiger partial charge in [-0.3, -0.25) is 0 Å². The van der Waals surface area contributed by atoms with Crippen molar-refractivity contribution in [1.29, 1.82) is 0 Å². The third-order valence-corrected chi connectivity index (χ3v) is 12.1. The van der Waals surface area contributed by atoms with Gasteiger partial charge in [0.15, 0.2) is 0 Å². The van der Waals surface area contributed by atoms with Gasteiger partial charge in [-0.1, -0.05) is 127 Å². The van der Waals surface area contributed by atoms with Crippen LogP contribution in [0.5, 0.6) is 0 Å². The second-order valence-electron chi connectivity index (χ2n) is 14.8. The van der Waals surface area contributed by atoms with Crippen LogP contribution in [-0.4, -0.2) is 10.1 Å². The Balaban J connectivity index is 1.22. The lowest BCUT2D eigenvalue weighted by atomic mass is 9.78. The van der Waals surface area contributed by atoms with Gasteiger partial charge in [-0.25, -0.2) is 4.99 Å². The molecule has 0 saturated heterocycles. The molecule has 1 unspecified atom stereocenters. The predicted octanol–water partition coefficient (Wildman–Crippen LogP) is 13.4. The summed E-state index contributed by atoms with van der Waals surface area (Å²) in [4.78, 5) is 5.37. The summed E-state index contributed by atoms with van der Waals surface area (Å²) in [5.74, 6) is 0.845. The molecule has 3 nitrogen and oxygen atoms in total. The molecule has 53 heavy (non-hydrogen) atoms. The molecule has 250 valence electrons. The van der Waals surface area contributed by atoms with E-state index < -0.39 is 0 Å². The topological polar surface area (TPSA) is 29.9 Å². The van der Waals surface area contributed by atoms with Gasteiger partial charge in [-0.2, -0.15) is 0 Å². The molecular formula is C50H34N2O. The number of aliphatic imine (C=N–C) groups is 1. The Morgan fingerprint density at radius 3 is 2.30 bits per heavy atom. The van der Waals surface area contributed by atoms with Crippen LogP contribution in [0.1, 0.15) is 47.4 Å². The number of rotatable bonds is 2. The van der Waals surface area contributed by atoms with Gasteiger partial charge in [0.2, 0.25) is 5.88 Å². The summed E-state index contributed by atoms with van der Waals surface area (Å²) in [5, 5.41) is 9.08. The third kappa shape index (κ3) is 4.08.